The molecule has 1 aromatic carbocycles. The molecule has 0 unspecified atom stereocenters. The smallest absolute Gasteiger partial charge is 0.235 e. The lowest BCUT2D eigenvalue weighted by Gasteiger charge is -2.06. The Bertz CT molecular complexity index is 395. The Morgan fingerprint density at radius 2 is 1.86 bits per heavy atom. The van der Waals surface area contributed by atoms with Crippen molar-refractivity contribution in [2.75, 3.05) is 0 Å². The number of rotatable bonds is 2. The van der Waals surface area contributed by atoms with Gasteiger partial charge in [0.2, 0.25) is 6.20 Å². The van der Waals surface area contributed by atoms with Gasteiger partial charge in [-0.1, -0.05) is 12.1 Å². The first kappa shape index (κ1) is 10.4. The van der Waals surface area contributed by atoms with Gasteiger partial charge < -0.3 is 0 Å². The van der Waals surface area contributed by atoms with Crippen LogP contribution in [-0.2, 0) is 0 Å². The van der Waals surface area contributed by atoms with Crippen molar-refractivity contribution in [3.05, 3.63) is 50.7 Å². The SMILES string of the molecule is Cc1ccc(/C=C\[N+](=O)[O-])c(C)c1C. The minimum Gasteiger partial charge on any atom is -0.259 e. The van der Waals surface area contributed by atoms with E-state index in [4.69, 9.17) is 0 Å². The first-order chi connectivity index (χ1) is 6.52. The van der Waals surface area contributed by atoms with Crippen molar-refractivity contribution in [1.82, 2.24) is 0 Å². The molecule has 1 aromatic rings. The van der Waals surface area contributed by atoms with E-state index in [1.165, 1.54) is 17.2 Å². The number of aryl methyl sites for hydroxylation is 1. The van der Waals surface area contributed by atoms with Crippen LogP contribution in [0, 0.1) is 30.9 Å². The molecule has 0 atom stereocenters. The zero-order valence-electron chi connectivity index (χ0n) is 8.57. The number of hydrogen-bond donors (Lipinski definition) is 0. The number of hydrogen-bond acceptors (Lipinski definition) is 2. The van der Waals surface area contributed by atoms with Gasteiger partial charge >= 0.3 is 0 Å². The second-order valence-corrected chi connectivity index (χ2v) is 3.32. The molecule has 3 nitrogen and oxygen atoms in total. The molecule has 0 saturated heterocycles. The molecule has 0 saturated carbocycles. The Morgan fingerprint density at radius 3 is 2.43 bits per heavy atom. The molecule has 0 aliphatic heterocycles. The molecular weight excluding hydrogens is 178 g/mol. The molecule has 74 valence electrons. The number of benzene rings is 1. The van der Waals surface area contributed by atoms with Gasteiger partial charge in [0.1, 0.15) is 0 Å². The molecule has 0 heterocycles. The van der Waals surface area contributed by atoms with Crippen LogP contribution in [0.15, 0.2) is 18.3 Å². The molecule has 14 heavy (non-hydrogen) atoms. The Kier molecular flexibility index (Phi) is 3.02. The Hall–Kier alpha value is -1.64. The highest BCUT2D eigenvalue weighted by Gasteiger charge is 2.01. The summed E-state index contributed by atoms with van der Waals surface area (Å²) in [5.74, 6) is 0. The van der Waals surface area contributed by atoms with Crippen molar-refractivity contribution >= 4 is 6.08 Å². The highest BCUT2D eigenvalue weighted by Crippen LogP contribution is 2.18. The molecule has 1 rings (SSSR count). The van der Waals surface area contributed by atoms with Crippen molar-refractivity contribution in [3.63, 3.8) is 0 Å². The molecule has 0 spiro atoms. The molecule has 0 fully saturated rings. The Balaban J connectivity index is 3.12. The van der Waals surface area contributed by atoms with Crippen LogP contribution < -0.4 is 0 Å². The van der Waals surface area contributed by atoms with Gasteiger partial charge in [-0.3, -0.25) is 10.1 Å². The summed E-state index contributed by atoms with van der Waals surface area (Å²) in [4.78, 5) is 9.70. The summed E-state index contributed by atoms with van der Waals surface area (Å²) in [6, 6.07) is 3.87. The predicted octanol–water partition coefficient (Wildman–Crippen LogP) is 2.86. The van der Waals surface area contributed by atoms with Crippen molar-refractivity contribution < 1.29 is 4.92 Å². The summed E-state index contributed by atoms with van der Waals surface area (Å²) in [5.41, 5.74) is 4.41. The van der Waals surface area contributed by atoms with E-state index in [1.807, 2.05) is 32.9 Å². The summed E-state index contributed by atoms with van der Waals surface area (Å²) in [6.07, 6.45) is 2.50. The topological polar surface area (TPSA) is 43.1 Å². The van der Waals surface area contributed by atoms with E-state index in [1.54, 1.807) is 0 Å². The summed E-state index contributed by atoms with van der Waals surface area (Å²) >= 11 is 0. The highest BCUT2D eigenvalue weighted by atomic mass is 16.6. The van der Waals surface area contributed by atoms with E-state index in [9.17, 15) is 10.1 Å². The van der Waals surface area contributed by atoms with E-state index in [0.29, 0.717) is 0 Å². The van der Waals surface area contributed by atoms with E-state index in [0.717, 1.165) is 17.3 Å². The van der Waals surface area contributed by atoms with Crippen LogP contribution in [0.2, 0.25) is 0 Å². The minimum atomic E-state index is -0.450. The number of nitrogens with zero attached hydrogens (tertiary/aromatic N) is 1. The van der Waals surface area contributed by atoms with Crippen LogP contribution in [0.5, 0.6) is 0 Å². The fourth-order valence-electron chi connectivity index (χ4n) is 1.30. The summed E-state index contributed by atoms with van der Waals surface area (Å²) in [5, 5.41) is 10.2. The van der Waals surface area contributed by atoms with Crippen LogP contribution in [-0.4, -0.2) is 4.92 Å². The van der Waals surface area contributed by atoms with Gasteiger partial charge in [-0.25, -0.2) is 0 Å². The second kappa shape index (κ2) is 4.05. The molecule has 0 aliphatic rings. The summed E-state index contributed by atoms with van der Waals surface area (Å²) in [6.45, 7) is 6.03. The van der Waals surface area contributed by atoms with Crippen LogP contribution in [0.4, 0.5) is 0 Å². The van der Waals surface area contributed by atoms with E-state index >= 15 is 0 Å². The predicted molar refractivity (Wildman–Crippen MR) is 56.7 cm³/mol. The normalized spacial score (nSPS) is 10.8. The molecular formula is C11H13NO2. The van der Waals surface area contributed by atoms with Crippen LogP contribution in [0.25, 0.3) is 6.08 Å². The molecule has 0 bridgehead atoms. The molecule has 0 aliphatic carbocycles. The quantitative estimate of drug-likeness (QED) is 0.533. The van der Waals surface area contributed by atoms with Gasteiger partial charge in [-0.15, -0.1) is 0 Å². The second-order valence-electron chi connectivity index (χ2n) is 3.32. The van der Waals surface area contributed by atoms with Gasteiger partial charge in [0.05, 0.1) is 4.92 Å². The first-order valence-corrected chi connectivity index (χ1v) is 4.41. The van der Waals surface area contributed by atoms with Crippen molar-refractivity contribution in [3.8, 4) is 0 Å². The molecule has 0 amide bonds. The lowest BCUT2D eigenvalue weighted by Crippen LogP contribution is -1.90. The molecule has 0 aromatic heterocycles. The average molecular weight is 191 g/mol. The standard InChI is InChI=1S/C11H13NO2/c1-8-4-5-11(6-7-12(13)14)10(3)9(8)2/h4-7H,1-3H3/b7-6-. The molecule has 0 N–H and O–H groups in total. The Labute approximate surface area is 83.2 Å². The van der Waals surface area contributed by atoms with Gasteiger partial charge in [0.25, 0.3) is 0 Å². The Morgan fingerprint density at radius 1 is 1.21 bits per heavy atom. The van der Waals surface area contributed by atoms with Gasteiger partial charge in [-0.2, -0.15) is 0 Å². The fourth-order valence-corrected chi connectivity index (χ4v) is 1.30. The van der Waals surface area contributed by atoms with Crippen LogP contribution in [0.1, 0.15) is 22.3 Å². The monoisotopic (exact) mass is 191 g/mol. The highest BCUT2D eigenvalue weighted by molar-refractivity contribution is 5.56. The van der Waals surface area contributed by atoms with Gasteiger partial charge in [0.15, 0.2) is 0 Å². The lowest BCUT2D eigenvalue weighted by atomic mass is 9.99. The zero-order valence-corrected chi connectivity index (χ0v) is 8.57. The summed E-state index contributed by atoms with van der Waals surface area (Å²) in [7, 11) is 0. The average Bonchev–Trinajstić information content (AvgIpc) is 2.13. The van der Waals surface area contributed by atoms with E-state index in [2.05, 4.69) is 0 Å². The first-order valence-electron chi connectivity index (χ1n) is 4.41. The van der Waals surface area contributed by atoms with E-state index in [-0.39, 0.29) is 0 Å². The summed E-state index contributed by atoms with van der Waals surface area (Å²) < 4.78 is 0. The maximum atomic E-state index is 10.2. The van der Waals surface area contributed by atoms with Crippen LogP contribution >= 0.6 is 0 Å². The van der Waals surface area contributed by atoms with Gasteiger partial charge in [0, 0.05) is 6.08 Å². The van der Waals surface area contributed by atoms with Gasteiger partial charge in [-0.05, 0) is 43.0 Å². The van der Waals surface area contributed by atoms with Crippen LogP contribution in [0.3, 0.4) is 0 Å². The van der Waals surface area contributed by atoms with Crippen molar-refractivity contribution in [2.24, 2.45) is 0 Å². The maximum Gasteiger partial charge on any atom is 0.235 e. The third-order valence-electron chi connectivity index (χ3n) is 2.48. The minimum absolute atomic E-state index is 0.450. The maximum absolute atomic E-state index is 10.2. The van der Waals surface area contributed by atoms with Crippen molar-refractivity contribution in [2.45, 2.75) is 20.8 Å². The molecule has 0 radical (unpaired) electrons. The molecule has 3 heteroatoms. The largest absolute Gasteiger partial charge is 0.259 e. The third-order valence-corrected chi connectivity index (χ3v) is 2.48. The fraction of sp³-hybridized carbons (Fsp3) is 0.273. The number of nitro groups is 1. The zero-order chi connectivity index (χ0) is 10.7. The third kappa shape index (κ3) is 2.19. The van der Waals surface area contributed by atoms with E-state index < -0.39 is 4.92 Å². The lowest BCUT2D eigenvalue weighted by molar-refractivity contribution is -0.400. The van der Waals surface area contributed by atoms with Crippen molar-refractivity contribution in [1.29, 1.82) is 0 Å².